The molecule has 1 heterocycles. The summed E-state index contributed by atoms with van der Waals surface area (Å²) in [6.07, 6.45) is 0. The Hall–Kier alpha value is -2.15. The second kappa shape index (κ2) is 8.03. The molecule has 0 saturated heterocycles. The fourth-order valence-electron chi connectivity index (χ4n) is 3.15. The lowest BCUT2D eigenvalue weighted by molar-refractivity contribution is -0.385. The lowest BCUT2D eigenvalue weighted by Crippen LogP contribution is -2.26. The van der Waals surface area contributed by atoms with E-state index >= 15 is 0 Å². The van der Waals surface area contributed by atoms with E-state index < -0.39 is 4.92 Å². The van der Waals surface area contributed by atoms with Gasteiger partial charge in [0.1, 0.15) is 5.75 Å². The molecule has 1 unspecified atom stereocenters. The molecule has 1 aliphatic rings. The van der Waals surface area contributed by atoms with E-state index in [2.05, 4.69) is 19.2 Å². The molecule has 0 bridgehead atoms. The first-order chi connectivity index (χ1) is 12.5. The highest BCUT2D eigenvalue weighted by Gasteiger charge is 2.22. The van der Waals surface area contributed by atoms with Gasteiger partial charge in [-0.05, 0) is 23.6 Å². The van der Waals surface area contributed by atoms with Crippen molar-refractivity contribution in [1.29, 1.82) is 0 Å². The average Bonchev–Trinajstić information content (AvgIpc) is 2.62. The van der Waals surface area contributed by atoms with Crippen LogP contribution >= 0.6 is 11.6 Å². The SMILES string of the molecule is CC(C)C(NCc1cc([N+](=O)[O-])cc2c1OCOC2)c1ccc(Cl)cc1. The quantitative estimate of drug-likeness (QED) is 0.589. The number of rotatable bonds is 6. The summed E-state index contributed by atoms with van der Waals surface area (Å²) in [7, 11) is 0. The van der Waals surface area contributed by atoms with Crippen LogP contribution in [0.15, 0.2) is 36.4 Å². The Morgan fingerprint density at radius 2 is 2.00 bits per heavy atom. The number of nitro benzene ring substituents is 1. The number of nitrogens with zero attached hydrogens (tertiary/aromatic N) is 1. The second-order valence-electron chi connectivity index (χ2n) is 6.62. The van der Waals surface area contributed by atoms with E-state index in [1.807, 2.05) is 24.3 Å². The van der Waals surface area contributed by atoms with Gasteiger partial charge in [0, 0.05) is 40.9 Å². The number of fused-ring (bicyclic) bond motifs is 1. The van der Waals surface area contributed by atoms with Crippen molar-refractivity contribution in [1.82, 2.24) is 5.32 Å². The van der Waals surface area contributed by atoms with Crippen LogP contribution in [0, 0.1) is 16.0 Å². The van der Waals surface area contributed by atoms with E-state index in [4.69, 9.17) is 21.1 Å². The summed E-state index contributed by atoms with van der Waals surface area (Å²) in [6, 6.07) is 10.9. The Labute approximate surface area is 157 Å². The van der Waals surface area contributed by atoms with Crippen molar-refractivity contribution in [3.8, 4) is 5.75 Å². The van der Waals surface area contributed by atoms with Crippen molar-refractivity contribution < 1.29 is 14.4 Å². The Balaban J connectivity index is 1.86. The Bertz CT molecular complexity index is 793. The summed E-state index contributed by atoms with van der Waals surface area (Å²) in [4.78, 5) is 10.8. The minimum absolute atomic E-state index is 0.0437. The fourth-order valence-corrected chi connectivity index (χ4v) is 3.27. The smallest absolute Gasteiger partial charge is 0.270 e. The van der Waals surface area contributed by atoms with E-state index in [-0.39, 0.29) is 18.5 Å². The highest BCUT2D eigenvalue weighted by Crippen LogP contribution is 2.33. The largest absolute Gasteiger partial charge is 0.467 e. The maximum atomic E-state index is 11.2. The van der Waals surface area contributed by atoms with Gasteiger partial charge in [0.15, 0.2) is 6.79 Å². The zero-order chi connectivity index (χ0) is 18.7. The monoisotopic (exact) mass is 376 g/mol. The highest BCUT2D eigenvalue weighted by atomic mass is 35.5. The van der Waals surface area contributed by atoms with Gasteiger partial charge in [0.25, 0.3) is 5.69 Å². The lowest BCUT2D eigenvalue weighted by Gasteiger charge is -2.25. The van der Waals surface area contributed by atoms with Gasteiger partial charge in [-0.25, -0.2) is 0 Å². The van der Waals surface area contributed by atoms with Crippen LogP contribution in [-0.2, 0) is 17.9 Å². The molecule has 138 valence electrons. The van der Waals surface area contributed by atoms with E-state index in [1.54, 1.807) is 6.07 Å². The molecule has 3 rings (SSSR count). The number of benzene rings is 2. The van der Waals surface area contributed by atoms with Crippen LogP contribution in [0.3, 0.4) is 0 Å². The van der Waals surface area contributed by atoms with E-state index in [0.717, 1.165) is 11.1 Å². The van der Waals surface area contributed by atoms with Crippen LogP contribution in [0.2, 0.25) is 5.02 Å². The normalized spacial score (nSPS) is 14.6. The van der Waals surface area contributed by atoms with Crippen molar-refractivity contribution in [2.24, 2.45) is 5.92 Å². The Morgan fingerprint density at radius 3 is 2.65 bits per heavy atom. The first-order valence-electron chi connectivity index (χ1n) is 8.45. The number of hydrogen-bond acceptors (Lipinski definition) is 5. The summed E-state index contributed by atoms with van der Waals surface area (Å²) >= 11 is 5.98. The molecule has 0 amide bonds. The third-order valence-electron chi connectivity index (χ3n) is 4.39. The van der Waals surface area contributed by atoms with Gasteiger partial charge in [-0.3, -0.25) is 10.1 Å². The number of ether oxygens (including phenoxy) is 2. The van der Waals surface area contributed by atoms with Crippen LogP contribution in [-0.4, -0.2) is 11.7 Å². The average molecular weight is 377 g/mol. The number of hydrogen-bond donors (Lipinski definition) is 1. The summed E-state index contributed by atoms with van der Waals surface area (Å²) in [5.41, 5.74) is 2.63. The molecule has 2 aromatic rings. The molecule has 0 saturated carbocycles. The third-order valence-corrected chi connectivity index (χ3v) is 4.64. The molecular formula is C19H21ClN2O4. The molecule has 1 atom stereocenters. The van der Waals surface area contributed by atoms with Crippen molar-refractivity contribution in [2.75, 3.05) is 6.79 Å². The number of non-ortho nitro benzene ring substituents is 1. The highest BCUT2D eigenvalue weighted by molar-refractivity contribution is 6.30. The molecule has 1 N–H and O–H groups in total. The van der Waals surface area contributed by atoms with Gasteiger partial charge >= 0.3 is 0 Å². The molecule has 0 aliphatic carbocycles. The number of nitro groups is 1. The standard InChI is InChI=1S/C19H21ClN2O4/c1-12(2)18(13-3-5-16(20)6-4-13)21-9-14-7-17(22(23)24)8-15-10-25-11-26-19(14)15/h3-8,12,18,21H,9-11H2,1-2H3. The molecule has 0 radical (unpaired) electrons. The Kier molecular flexibility index (Phi) is 5.76. The van der Waals surface area contributed by atoms with Crippen molar-refractivity contribution in [3.05, 3.63) is 68.2 Å². The molecule has 0 spiro atoms. The maximum Gasteiger partial charge on any atom is 0.270 e. The van der Waals surface area contributed by atoms with E-state index in [9.17, 15) is 10.1 Å². The molecule has 7 heteroatoms. The van der Waals surface area contributed by atoms with Crippen LogP contribution in [0.4, 0.5) is 5.69 Å². The van der Waals surface area contributed by atoms with Crippen LogP contribution < -0.4 is 10.1 Å². The van der Waals surface area contributed by atoms with Crippen molar-refractivity contribution in [3.63, 3.8) is 0 Å². The van der Waals surface area contributed by atoms with Gasteiger partial charge in [-0.1, -0.05) is 37.6 Å². The Morgan fingerprint density at radius 1 is 1.27 bits per heavy atom. The van der Waals surface area contributed by atoms with Crippen molar-refractivity contribution >= 4 is 17.3 Å². The molecule has 6 nitrogen and oxygen atoms in total. The minimum Gasteiger partial charge on any atom is -0.467 e. The van der Waals surface area contributed by atoms with Crippen LogP contribution in [0.1, 0.15) is 36.6 Å². The molecule has 2 aromatic carbocycles. The number of nitrogens with one attached hydrogen (secondary N) is 1. The lowest BCUT2D eigenvalue weighted by atomic mass is 9.95. The van der Waals surface area contributed by atoms with Crippen LogP contribution in [0.25, 0.3) is 0 Å². The third kappa shape index (κ3) is 4.15. The second-order valence-corrected chi connectivity index (χ2v) is 7.05. The summed E-state index contributed by atoms with van der Waals surface area (Å²) < 4.78 is 10.9. The summed E-state index contributed by atoms with van der Waals surface area (Å²) in [6.45, 7) is 5.17. The van der Waals surface area contributed by atoms with E-state index in [0.29, 0.717) is 35.4 Å². The summed E-state index contributed by atoms with van der Waals surface area (Å²) in [5, 5.41) is 15.4. The van der Waals surface area contributed by atoms with Gasteiger partial charge in [-0.2, -0.15) is 0 Å². The first-order valence-corrected chi connectivity index (χ1v) is 8.83. The molecular weight excluding hydrogens is 356 g/mol. The summed E-state index contributed by atoms with van der Waals surface area (Å²) in [5.74, 6) is 1.00. The molecule has 0 aromatic heterocycles. The molecule has 1 aliphatic heterocycles. The van der Waals surface area contributed by atoms with Gasteiger partial charge in [0.2, 0.25) is 0 Å². The first kappa shape index (κ1) is 18.6. The zero-order valence-corrected chi connectivity index (χ0v) is 15.5. The topological polar surface area (TPSA) is 73.6 Å². The van der Waals surface area contributed by atoms with Gasteiger partial charge in [0.05, 0.1) is 11.5 Å². The van der Waals surface area contributed by atoms with Crippen LogP contribution in [0.5, 0.6) is 5.75 Å². The predicted octanol–water partition coefficient (Wildman–Crippen LogP) is 4.60. The molecule has 0 fully saturated rings. The van der Waals surface area contributed by atoms with E-state index in [1.165, 1.54) is 6.07 Å². The fraction of sp³-hybridized carbons (Fsp3) is 0.368. The van der Waals surface area contributed by atoms with Gasteiger partial charge in [-0.15, -0.1) is 0 Å². The predicted molar refractivity (Wildman–Crippen MR) is 99.3 cm³/mol. The minimum atomic E-state index is -0.391. The van der Waals surface area contributed by atoms with Gasteiger partial charge < -0.3 is 14.8 Å². The molecule has 26 heavy (non-hydrogen) atoms. The zero-order valence-electron chi connectivity index (χ0n) is 14.7. The van der Waals surface area contributed by atoms with Crippen molar-refractivity contribution in [2.45, 2.75) is 33.0 Å². The maximum absolute atomic E-state index is 11.2. The number of halogens is 1.